The minimum absolute atomic E-state index is 0.0679. The van der Waals surface area contributed by atoms with Crippen LogP contribution >= 0.6 is 0 Å². The summed E-state index contributed by atoms with van der Waals surface area (Å²) in [5.74, 6) is 0.915. The van der Waals surface area contributed by atoms with Crippen molar-refractivity contribution in [2.24, 2.45) is 0 Å². The molecule has 1 aromatic heterocycles. The number of nitrogens with zero attached hydrogens (tertiary/aromatic N) is 2. The normalized spacial score (nSPS) is 12.0. The van der Waals surface area contributed by atoms with Crippen LogP contribution in [0.2, 0.25) is 0 Å². The maximum absolute atomic E-state index is 12.3. The van der Waals surface area contributed by atoms with Crippen molar-refractivity contribution in [3.05, 3.63) is 77.9 Å². The quantitative estimate of drug-likeness (QED) is 0.629. The van der Waals surface area contributed by atoms with Crippen molar-refractivity contribution in [1.29, 1.82) is 0 Å². The zero-order valence-corrected chi connectivity index (χ0v) is 15.7. The lowest BCUT2D eigenvalue weighted by Gasteiger charge is -2.09. The lowest BCUT2D eigenvalue weighted by atomic mass is 10.00. The number of nitrogens with one attached hydrogen (secondary N) is 1. The Labute approximate surface area is 159 Å². The van der Waals surface area contributed by atoms with Crippen LogP contribution in [0.25, 0.3) is 11.1 Å². The van der Waals surface area contributed by atoms with E-state index in [2.05, 4.69) is 14.9 Å². The van der Waals surface area contributed by atoms with Crippen molar-refractivity contribution in [2.45, 2.75) is 32.9 Å². The molecule has 1 atom stereocenters. The summed E-state index contributed by atoms with van der Waals surface area (Å²) in [5, 5.41) is 12.7. The van der Waals surface area contributed by atoms with Gasteiger partial charge in [-0.05, 0) is 55.2 Å². The van der Waals surface area contributed by atoms with Gasteiger partial charge in [0.2, 0.25) is 0 Å². The maximum atomic E-state index is 12.3. The number of aliphatic hydroxyl groups excluding tert-OH is 1. The summed E-state index contributed by atoms with van der Waals surface area (Å²) < 4.78 is 2.07. The van der Waals surface area contributed by atoms with Gasteiger partial charge in [-0.15, -0.1) is 0 Å². The van der Waals surface area contributed by atoms with Crippen molar-refractivity contribution < 1.29 is 9.90 Å². The highest BCUT2D eigenvalue weighted by molar-refractivity contribution is 5.94. The predicted molar refractivity (Wildman–Crippen MR) is 106 cm³/mol. The molecule has 1 unspecified atom stereocenters. The number of benzene rings is 2. The molecule has 0 bridgehead atoms. The van der Waals surface area contributed by atoms with E-state index in [-0.39, 0.29) is 5.91 Å². The van der Waals surface area contributed by atoms with E-state index in [9.17, 15) is 9.90 Å². The second kappa shape index (κ2) is 8.64. The van der Waals surface area contributed by atoms with Crippen LogP contribution in [-0.2, 0) is 6.54 Å². The van der Waals surface area contributed by atoms with E-state index >= 15 is 0 Å². The Kier molecular flexibility index (Phi) is 6.04. The van der Waals surface area contributed by atoms with Gasteiger partial charge >= 0.3 is 0 Å². The highest BCUT2D eigenvalue weighted by atomic mass is 16.3. The van der Waals surface area contributed by atoms with E-state index < -0.39 is 6.10 Å². The van der Waals surface area contributed by atoms with Crippen molar-refractivity contribution in [3.63, 3.8) is 0 Å². The summed E-state index contributed by atoms with van der Waals surface area (Å²) in [6.45, 7) is 5.18. The van der Waals surface area contributed by atoms with Crippen LogP contribution < -0.4 is 5.32 Å². The average molecular weight is 363 g/mol. The molecule has 3 rings (SSSR count). The molecule has 2 N–H and O–H groups in total. The van der Waals surface area contributed by atoms with Crippen molar-refractivity contribution in [2.75, 3.05) is 6.54 Å². The third-order valence-corrected chi connectivity index (χ3v) is 4.63. The lowest BCUT2D eigenvalue weighted by Crippen LogP contribution is -2.25. The van der Waals surface area contributed by atoms with Crippen LogP contribution in [0.15, 0.2) is 60.9 Å². The van der Waals surface area contributed by atoms with E-state index in [1.54, 1.807) is 13.1 Å². The highest BCUT2D eigenvalue weighted by Crippen LogP contribution is 2.23. The van der Waals surface area contributed by atoms with Gasteiger partial charge in [0.15, 0.2) is 0 Å². The highest BCUT2D eigenvalue weighted by Gasteiger charge is 2.07. The Bertz CT molecular complexity index is 898. The molecule has 2 aromatic carbocycles. The second-order valence-electron chi connectivity index (χ2n) is 6.66. The number of aryl methyl sites for hydroxylation is 2. The summed E-state index contributed by atoms with van der Waals surface area (Å²) in [4.78, 5) is 16.5. The van der Waals surface area contributed by atoms with Gasteiger partial charge in [0.1, 0.15) is 5.82 Å². The Hall–Kier alpha value is -2.92. The topological polar surface area (TPSA) is 67.2 Å². The molecule has 0 aliphatic rings. The van der Waals surface area contributed by atoms with Gasteiger partial charge in [-0.2, -0.15) is 0 Å². The molecule has 1 amide bonds. The van der Waals surface area contributed by atoms with E-state index in [1.807, 2.05) is 61.7 Å². The molecule has 0 saturated heterocycles. The van der Waals surface area contributed by atoms with Crippen molar-refractivity contribution in [3.8, 4) is 11.1 Å². The third kappa shape index (κ3) is 4.83. The van der Waals surface area contributed by atoms with E-state index in [0.717, 1.165) is 35.5 Å². The van der Waals surface area contributed by atoms with Gasteiger partial charge in [-0.25, -0.2) is 4.98 Å². The summed E-state index contributed by atoms with van der Waals surface area (Å²) >= 11 is 0. The molecule has 140 valence electrons. The van der Waals surface area contributed by atoms with Gasteiger partial charge in [0.25, 0.3) is 5.91 Å². The number of rotatable bonds is 7. The largest absolute Gasteiger partial charge is 0.389 e. The van der Waals surface area contributed by atoms with Crippen LogP contribution in [0.1, 0.15) is 41.2 Å². The number of hydrogen-bond acceptors (Lipinski definition) is 3. The summed E-state index contributed by atoms with van der Waals surface area (Å²) in [6, 6.07) is 15.3. The molecule has 0 spiro atoms. The van der Waals surface area contributed by atoms with Crippen molar-refractivity contribution in [1.82, 2.24) is 14.9 Å². The zero-order chi connectivity index (χ0) is 19.2. The molecule has 1 heterocycles. The SMILES string of the molecule is Cc1nccn1CCCNC(=O)c1ccc(-c2cccc(C(C)O)c2)cc1. The van der Waals surface area contributed by atoms with Gasteiger partial charge in [0.05, 0.1) is 6.10 Å². The summed E-state index contributed by atoms with van der Waals surface area (Å²) in [5.41, 5.74) is 3.56. The first-order valence-corrected chi connectivity index (χ1v) is 9.19. The molecule has 0 radical (unpaired) electrons. The minimum Gasteiger partial charge on any atom is -0.389 e. The number of imidazole rings is 1. The third-order valence-electron chi connectivity index (χ3n) is 4.63. The van der Waals surface area contributed by atoms with Gasteiger partial charge < -0.3 is 15.0 Å². The average Bonchev–Trinajstić information content (AvgIpc) is 3.10. The minimum atomic E-state index is -0.499. The maximum Gasteiger partial charge on any atom is 0.251 e. The van der Waals surface area contributed by atoms with Crippen LogP contribution in [-0.4, -0.2) is 27.1 Å². The first-order chi connectivity index (χ1) is 13.0. The molecule has 5 nitrogen and oxygen atoms in total. The van der Waals surface area contributed by atoms with E-state index in [1.165, 1.54) is 0 Å². The molecule has 3 aromatic rings. The monoisotopic (exact) mass is 363 g/mol. The standard InChI is InChI=1S/C22H25N3O2/c1-16(26)20-5-3-6-21(15-20)18-7-9-19(10-8-18)22(27)24-11-4-13-25-14-12-23-17(25)2/h3,5-10,12,14-16,26H,4,11,13H2,1-2H3,(H,24,27). The Morgan fingerprint density at radius 1 is 1.19 bits per heavy atom. The molecule has 0 aliphatic heterocycles. The molecule has 0 fully saturated rings. The Morgan fingerprint density at radius 2 is 1.96 bits per heavy atom. The lowest BCUT2D eigenvalue weighted by molar-refractivity contribution is 0.0952. The van der Waals surface area contributed by atoms with E-state index in [4.69, 9.17) is 0 Å². The smallest absolute Gasteiger partial charge is 0.251 e. The molecule has 27 heavy (non-hydrogen) atoms. The van der Waals surface area contributed by atoms with Gasteiger partial charge in [-0.1, -0.05) is 30.3 Å². The first-order valence-electron chi connectivity index (χ1n) is 9.19. The number of carbonyl (C=O) groups is 1. The molecule has 0 aliphatic carbocycles. The fourth-order valence-electron chi connectivity index (χ4n) is 2.99. The van der Waals surface area contributed by atoms with Crippen LogP contribution in [0, 0.1) is 6.92 Å². The molecule has 0 saturated carbocycles. The molecular weight excluding hydrogens is 338 g/mol. The number of carbonyl (C=O) groups excluding carboxylic acids is 1. The van der Waals surface area contributed by atoms with E-state index in [0.29, 0.717) is 12.1 Å². The Balaban J connectivity index is 1.55. The fourth-order valence-corrected chi connectivity index (χ4v) is 2.99. The molecule has 5 heteroatoms. The summed E-state index contributed by atoms with van der Waals surface area (Å²) in [6.07, 6.45) is 4.09. The van der Waals surface area contributed by atoms with Gasteiger partial charge in [-0.3, -0.25) is 4.79 Å². The van der Waals surface area contributed by atoms with Gasteiger partial charge in [0, 0.05) is 31.0 Å². The van der Waals surface area contributed by atoms with Crippen LogP contribution in [0.4, 0.5) is 0 Å². The van der Waals surface area contributed by atoms with Crippen LogP contribution in [0.5, 0.6) is 0 Å². The second-order valence-corrected chi connectivity index (χ2v) is 6.66. The fraction of sp³-hybridized carbons (Fsp3) is 0.273. The number of aromatic nitrogens is 2. The van der Waals surface area contributed by atoms with Crippen LogP contribution in [0.3, 0.4) is 0 Å². The number of aliphatic hydroxyl groups is 1. The molecular formula is C22H25N3O2. The Morgan fingerprint density at radius 3 is 2.63 bits per heavy atom. The first kappa shape index (κ1) is 18.9. The summed E-state index contributed by atoms with van der Waals surface area (Å²) in [7, 11) is 0. The predicted octanol–water partition coefficient (Wildman–Crippen LogP) is 3.73. The number of hydrogen-bond donors (Lipinski definition) is 2. The number of amides is 1. The van der Waals surface area contributed by atoms with Crippen molar-refractivity contribution >= 4 is 5.91 Å². The zero-order valence-electron chi connectivity index (χ0n) is 15.7.